The number of carboxylic acids is 1. The van der Waals surface area contributed by atoms with Crippen LogP contribution in [0.2, 0.25) is 0 Å². The molecule has 18 nitrogen and oxygen atoms in total. The molecule has 8 rings (SSSR count). The van der Waals surface area contributed by atoms with E-state index in [4.69, 9.17) is 28.4 Å². The molecule has 18 heteroatoms. The van der Waals surface area contributed by atoms with E-state index in [0.29, 0.717) is 19.3 Å². The molecule has 4 saturated carbocycles. The van der Waals surface area contributed by atoms with Crippen molar-refractivity contribution in [3.05, 3.63) is 11.6 Å². The van der Waals surface area contributed by atoms with Gasteiger partial charge >= 0.3 is 11.9 Å². The molecule has 370 valence electrons. The van der Waals surface area contributed by atoms with Crippen molar-refractivity contribution in [2.75, 3.05) is 13.2 Å². The monoisotopic (exact) mass is 926 g/mol. The van der Waals surface area contributed by atoms with Crippen molar-refractivity contribution < 1.29 is 89.1 Å². The average molecular weight is 927 g/mol. The van der Waals surface area contributed by atoms with Crippen LogP contribution in [0.15, 0.2) is 11.6 Å². The fourth-order valence-corrected chi connectivity index (χ4v) is 14.8. The predicted octanol–water partition coefficient (Wildman–Crippen LogP) is 0.872. The highest BCUT2D eigenvalue weighted by molar-refractivity contribution is 5.79. The van der Waals surface area contributed by atoms with Gasteiger partial charge in [0.1, 0.15) is 61.0 Å². The highest BCUT2D eigenvalue weighted by atomic mass is 16.7. The van der Waals surface area contributed by atoms with Gasteiger partial charge < -0.3 is 79.5 Å². The second-order valence-corrected chi connectivity index (χ2v) is 23.0. The second-order valence-electron chi connectivity index (χ2n) is 23.0. The smallest absolute Gasteiger partial charge is 0.335 e. The van der Waals surface area contributed by atoms with Crippen molar-refractivity contribution in [3.63, 3.8) is 0 Å². The molecule has 0 aromatic rings. The van der Waals surface area contributed by atoms with Gasteiger partial charge in [0.2, 0.25) is 6.29 Å². The normalized spacial score (nSPS) is 52.5. The van der Waals surface area contributed by atoms with Gasteiger partial charge in [0.25, 0.3) is 0 Å². The van der Waals surface area contributed by atoms with Crippen LogP contribution in [0.4, 0.5) is 0 Å². The van der Waals surface area contributed by atoms with Gasteiger partial charge in [-0.25, -0.2) is 4.79 Å². The number of ether oxygens (including phenoxy) is 6. The number of aliphatic hydroxyl groups is 9. The van der Waals surface area contributed by atoms with Gasteiger partial charge in [0, 0.05) is 0 Å². The molecule has 22 unspecified atom stereocenters. The van der Waals surface area contributed by atoms with Gasteiger partial charge in [0.15, 0.2) is 18.7 Å². The van der Waals surface area contributed by atoms with Gasteiger partial charge in [-0.15, -0.1) is 0 Å². The summed E-state index contributed by atoms with van der Waals surface area (Å²) >= 11 is 0. The summed E-state index contributed by atoms with van der Waals surface area (Å²) in [7, 11) is 0. The van der Waals surface area contributed by atoms with Crippen molar-refractivity contribution in [3.8, 4) is 0 Å². The first-order valence-electron chi connectivity index (χ1n) is 23.7. The second kappa shape index (κ2) is 17.2. The maximum atomic E-state index is 14.7. The van der Waals surface area contributed by atoms with Crippen LogP contribution in [0.1, 0.15) is 113 Å². The number of carbonyl (C=O) groups is 2. The van der Waals surface area contributed by atoms with Gasteiger partial charge in [-0.2, -0.15) is 0 Å². The average Bonchev–Trinajstić information content (AvgIpc) is 3.51. The van der Waals surface area contributed by atoms with Gasteiger partial charge in [-0.05, 0) is 109 Å². The molecule has 3 saturated heterocycles. The summed E-state index contributed by atoms with van der Waals surface area (Å²) in [6.45, 7) is 14.6. The lowest BCUT2D eigenvalue weighted by molar-refractivity contribution is -0.343. The Bertz CT molecular complexity index is 1820. The molecule has 7 fully saturated rings. The molecule has 5 aliphatic carbocycles. The number of allylic oxidation sites excluding steroid dienone is 2. The van der Waals surface area contributed by atoms with Crippen LogP contribution in [0.5, 0.6) is 0 Å². The maximum absolute atomic E-state index is 14.7. The van der Waals surface area contributed by atoms with E-state index in [2.05, 4.69) is 54.5 Å². The number of aliphatic hydroxyl groups excluding tert-OH is 9. The summed E-state index contributed by atoms with van der Waals surface area (Å²) in [5.74, 6) is -1.80. The summed E-state index contributed by atoms with van der Waals surface area (Å²) in [6, 6.07) is 0. The molecular formula is C47H74O18. The minimum Gasteiger partial charge on any atom is -0.479 e. The number of carboxylic acid groups (broad SMARTS) is 1. The van der Waals surface area contributed by atoms with Crippen molar-refractivity contribution >= 4 is 11.9 Å². The molecule has 22 atom stereocenters. The summed E-state index contributed by atoms with van der Waals surface area (Å²) < 4.78 is 35.2. The number of esters is 1. The van der Waals surface area contributed by atoms with Crippen molar-refractivity contribution in [1.29, 1.82) is 0 Å². The van der Waals surface area contributed by atoms with E-state index >= 15 is 0 Å². The van der Waals surface area contributed by atoms with Crippen LogP contribution in [0.25, 0.3) is 0 Å². The Kier molecular flexibility index (Phi) is 13.1. The largest absolute Gasteiger partial charge is 0.479 e. The first kappa shape index (κ1) is 49.5. The molecule has 0 bridgehead atoms. The third-order valence-corrected chi connectivity index (χ3v) is 18.9. The fraction of sp³-hybridized carbons (Fsp3) is 0.915. The molecule has 8 aliphatic rings. The summed E-state index contributed by atoms with van der Waals surface area (Å²) in [5.41, 5.74) is -0.845. The molecular weight excluding hydrogens is 852 g/mol. The lowest BCUT2D eigenvalue weighted by Crippen LogP contribution is -2.66. The Morgan fingerprint density at radius 3 is 1.91 bits per heavy atom. The van der Waals surface area contributed by atoms with E-state index in [1.807, 2.05) is 0 Å². The molecule has 3 aliphatic heterocycles. The molecule has 10 N–H and O–H groups in total. The first-order valence-corrected chi connectivity index (χ1v) is 23.7. The zero-order valence-corrected chi connectivity index (χ0v) is 38.7. The molecule has 0 aromatic heterocycles. The molecule has 3 heterocycles. The van der Waals surface area contributed by atoms with Crippen molar-refractivity contribution in [2.24, 2.45) is 50.2 Å². The van der Waals surface area contributed by atoms with Gasteiger partial charge in [0.05, 0.1) is 24.7 Å². The van der Waals surface area contributed by atoms with E-state index in [-0.39, 0.29) is 39.4 Å². The zero-order valence-electron chi connectivity index (χ0n) is 38.7. The lowest BCUT2D eigenvalue weighted by Gasteiger charge is -2.71. The topological polar surface area (TPSA) is 292 Å². The zero-order chi connectivity index (χ0) is 47.6. The first-order chi connectivity index (χ1) is 30.3. The van der Waals surface area contributed by atoms with E-state index in [0.717, 1.165) is 44.9 Å². The summed E-state index contributed by atoms with van der Waals surface area (Å²) in [6.07, 6.45) is -13.2. The van der Waals surface area contributed by atoms with Crippen LogP contribution in [-0.4, -0.2) is 168 Å². The van der Waals surface area contributed by atoms with E-state index < -0.39 is 128 Å². The molecule has 0 amide bonds. The Morgan fingerprint density at radius 2 is 1.26 bits per heavy atom. The van der Waals surface area contributed by atoms with E-state index in [1.165, 1.54) is 5.57 Å². The Labute approximate surface area is 380 Å². The van der Waals surface area contributed by atoms with Crippen LogP contribution in [0, 0.1) is 50.2 Å². The van der Waals surface area contributed by atoms with E-state index in [1.54, 1.807) is 0 Å². The van der Waals surface area contributed by atoms with Crippen LogP contribution in [0.3, 0.4) is 0 Å². The molecule has 65 heavy (non-hydrogen) atoms. The number of hydrogen-bond donors (Lipinski definition) is 10. The molecule has 0 aromatic carbocycles. The lowest BCUT2D eigenvalue weighted by atomic mass is 9.33. The Balaban J connectivity index is 1.03. The Morgan fingerprint density at radius 1 is 0.662 bits per heavy atom. The van der Waals surface area contributed by atoms with Gasteiger partial charge in [-0.3, -0.25) is 4.79 Å². The van der Waals surface area contributed by atoms with Crippen LogP contribution >= 0.6 is 0 Å². The molecule has 0 spiro atoms. The van der Waals surface area contributed by atoms with Crippen LogP contribution < -0.4 is 0 Å². The quantitative estimate of drug-likeness (QED) is 0.0872. The third kappa shape index (κ3) is 7.67. The summed E-state index contributed by atoms with van der Waals surface area (Å²) in [5, 5.41) is 105. The van der Waals surface area contributed by atoms with Crippen LogP contribution in [-0.2, 0) is 38.0 Å². The van der Waals surface area contributed by atoms with E-state index in [9.17, 15) is 60.7 Å². The fourth-order valence-electron chi connectivity index (χ4n) is 14.8. The predicted molar refractivity (Wildman–Crippen MR) is 225 cm³/mol. The van der Waals surface area contributed by atoms with Gasteiger partial charge in [-0.1, -0.05) is 60.1 Å². The highest BCUT2D eigenvalue weighted by Crippen LogP contribution is 2.76. The minimum atomic E-state index is -1.90. The number of aliphatic carboxylic acids is 1. The van der Waals surface area contributed by atoms with Crippen molar-refractivity contribution in [1.82, 2.24) is 0 Å². The third-order valence-electron chi connectivity index (χ3n) is 18.9. The maximum Gasteiger partial charge on any atom is 0.335 e. The summed E-state index contributed by atoms with van der Waals surface area (Å²) in [4.78, 5) is 27.0. The number of rotatable bonds is 9. The number of fused-ring (bicyclic) bond motifs is 7. The SMILES string of the molecule is CC1(C)CCC2(C(=O)OC3OC(CO)C(O)C(O)C3O)CCC3(C)C(=CCC4C5(C)CCC(OC6OC(C(=O)O)C(O)C(OC7OC(CO)C(O)C7O)C6O)C(C)(C)C5CCC43C)C2C1. The number of hydrogen-bond acceptors (Lipinski definition) is 17. The molecule has 0 radical (unpaired) electrons. The highest BCUT2D eigenvalue weighted by Gasteiger charge is 2.70. The standard InChI is InChI=1S/C47H74O18/c1-42(2)14-16-47(41(59)65-39-32(54)30(52)28(50)23(19-48)61-39)17-15-45(6)21(22(47)18-42)8-9-26-44(5)12-11-27(43(3,4)25(44)10-13-46(26,45)7)62-40-34(56)35(33(55)36(64-40)37(57)58)63-38-31(53)29(51)24(20-49)60-38/h8,22-36,38-40,48-56H,9-20H2,1-7H3,(H,57,58). The van der Waals surface area contributed by atoms with Crippen molar-refractivity contribution in [2.45, 2.75) is 205 Å². The number of carbonyl (C=O) groups excluding carboxylic acids is 1. The Hall–Kier alpha value is -1.88. The minimum absolute atomic E-state index is 0.0676.